The molecule has 1 aliphatic rings. The Morgan fingerprint density at radius 3 is 2.77 bits per heavy atom. The van der Waals surface area contributed by atoms with E-state index in [1.807, 2.05) is 31.2 Å². The molecule has 0 aliphatic carbocycles. The maximum Gasteiger partial charge on any atom is 0.173 e. The molecule has 6 nitrogen and oxygen atoms in total. The van der Waals surface area contributed by atoms with E-state index >= 15 is 0 Å². The van der Waals surface area contributed by atoms with Crippen LogP contribution in [0.15, 0.2) is 40.9 Å². The zero-order chi connectivity index (χ0) is 21.8. The van der Waals surface area contributed by atoms with Gasteiger partial charge in [-0.05, 0) is 44.0 Å². The van der Waals surface area contributed by atoms with Crippen LogP contribution in [0.4, 0.5) is 0 Å². The lowest BCUT2D eigenvalue weighted by Crippen LogP contribution is -2.27. The van der Waals surface area contributed by atoms with Crippen LogP contribution in [-0.4, -0.2) is 41.4 Å². The van der Waals surface area contributed by atoms with Gasteiger partial charge in [0, 0.05) is 43.1 Å². The lowest BCUT2D eigenvalue weighted by atomic mass is 10.1. The average Bonchev–Trinajstić information content (AvgIpc) is 3.53. The van der Waals surface area contributed by atoms with E-state index < -0.39 is 0 Å². The molecular weight excluding hydrogens is 434 g/mol. The maximum absolute atomic E-state index is 12.3. The number of carbonyl (C=O) groups excluding carboxylic acids is 1. The van der Waals surface area contributed by atoms with Crippen LogP contribution >= 0.6 is 22.9 Å². The Hall–Kier alpha value is -2.64. The Labute approximate surface area is 190 Å². The zero-order valence-corrected chi connectivity index (χ0v) is 18.9. The number of hydrogen-bond acceptors (Lipinski definition) is 6. The quantitative estimate of drug-likeness (QED) is 0.267. The summed E-state index contributed by atoms with van der Waals surface area (Å²) in [5, 5.41) is 12.7. The molecule has 8 heteroatoms. The van der Waals surface area contributed by atoms with E-state index in [-0.39, 0.29) is 5.78 Å². The fraction of sp³-hybridized carbons (Fsp3) is 0.348. The second-order valence-corrected chi connectivity index (χ2v) is 9.11. The summed E-state index contributed by atoms with van der Waals surface area (Å²) < 4.78 is 11.9. The molecule has 3 heterocycles. The van der Waals surface area contributed by atoms with Crippen LogP contribution in [0, 0.1) is 5.41 Å². The lowest BCUT2D eigenvalue weighted by Gasteiger charge is -2.19. The van der Waals surface area contributed by atoms with Crippen LogP contribution in [0.25, 0.3) is 11.3 Å². The molecule has 2 aromatic heterocycles. The molecule has 162 valence electrons. The molecule has 0 amide bonds. The molecule has 0 spiro atoms. The van der Waals surface area contributed by atoms with Crippen molar-refractivity contribution in [1.82, 2.24) is 10.1 Å². The minimum absolute atomic E-state index is 0.0367. The molecule has 0 bridgehead atoms. The minimum Gasteiger partial charge on any atom is -0.493 e. The monoisotopic (exact) mass is 457 g/mol. The third-order valence-electron chi connectivity index (χ3n) is 5.26. The average molecular weight is 458 g/mol. The summed E-state index contributed by atoms with van der Waals surface area (Å²) in [6.45, 7) is 4.29. The Morgan fingerprint density at radius 1 is 1.26 bits per heavy atom. The van der Waals surface area contributed by atoms with Gasteiger partial charge in [-0.1, -0.05) is 22.8 Å². The Morgan fingerprint density at radius 2 is 2.06 bits per heavy atom. The zero-order valence-electron chi connectivity index (χ0n) is 17.3. The van der Waals surface area contributed by atoms with Crippen molar-refractivity contribution in [2.75, 3.05) is 19.7 Å². The summed E-state index contributed by atoms with van der Waals surface area (Å²) in [5.41, 5.74) is 2.30. The van der Waals surface area contributed by atoms with Crippen LogP contribution in [0.3, 0.4) is 0 Å². The first-order valence-electron chi connectivity index (χ1n) is 10.4. The Kier molecular flexibility index (Phi) is 6.73. The van der Waals surface area contributed by atoms with Gasteiger partial charge in [-0.25, -0.2) is 0 Å². The number of thiophene rings is 1. The van der Waals surface area contributed by atoms with Crippen LogP contribution in [0.2, 0.25) is 4.34 Å². The van der Waals surface area contributed by atoms with E-state index in [0.717, 1.165) is 37.1 Å². The number of benzene rings is 1. The summed E-state index contributed by atoms with van der Waals surface area (Å²) in [6.07, 6.45) is 3.05. The number of halogens is 1. The van der Waals surface area contributed by atoms with Crippen molar-refractivity contribution in [2.24, 2.45) is 0 Å². The number of carbonyl (C=O) groups is 1. The van der Waals surface area contributed by atoms with Gasteiger partial charge in [-0.3, -0.25) is 10.2 Å². The molecule has 1 N–H and O–H groups in total. The SMILES string of the molecule is CCOc1cc(C(=N)N2CCCC2)ccc1-c1cc(CCC(=O)c2ccc(Cl)s2)on1. The van der Waals surface area contributed by atoms with Gasteiger partial charge in [0.25, 0.3) is 0 Å². The normalized spacial score (nSPS) is 13.5. The second-order valence-electron chi connectivity index (χ2n) is 7.39. The number of Topliss-reactive ketones (excluding diaryl/α,β-unsaturated/α-hetero) is 1. The number of likely N-dealkylation sites (tertiary alicyclic amines) is 1. The van der Waals surface area contributed by atoms with Crippen molar-refractivity contribution in [3.05, 3.63) is 56.9 Å². The predicted molar refractivity (Wildman–Crippen MR) is 123 cm³/mol. The summed E-state index contributed by atoms with van der Waals surface area (Å²) in [6, 6.07) is 11.1. The summed E-state index contributed by atoms with van der Waals surface area (Å²) >= 11 is 7.20. The van der Waals surface area contributed by atoms with Gasteiger partial charge in [0.15, 0.2) is 5.78 Å². The smallest absolute Gasteiger partial charge is 0.173 e. The van der Waals surface area contributed by atoms with E-state index in [1.54, 1.807) is 12.1 Å². The Bertz CT molecular complexity index is 1090. The van der Waals surface area contributed by atoms with Crippen molar-refractivity contribution in [3.8, 4) is 17.0 Å². The third-order valence-corrected chi connectivity index (χ3v) is 6.53. The van der Waals surface area contributed by atoms with Crippen LogP contribution in [0.1, 0.15) is 47.2 Å². The van der Waals surface area contributed by atoms with E-state index in [0.29, 0.717) is 51.7 Å². The molecule has 1 saturated heterocycles. The van der Waals surface area contributed by atoms with Crippen molar-refractivity contribution < 1.29 is 14.1 Å². The van der Waals surface area contributed by atoms with Crippen LogP contribution < -0.4 is 4.74 Å². The maximum atomic E-state index is 12.3. The lowest BCUT2D eigenvalue weighted by molar-refractivity contribution is 0.0984. The standard InChI is InChI=1S/C23H24ClN3O3S/c1-2-29-20-13-15(23(25)27-11-3-4-12-27)5-7-17(20)18-14-16(30-26-18)6-8-19(28)21-9-10-22(24)31-21/h5,7,9-10,13-14,25H,2-4,6,8,11-12H2,1H3. The van der Waals surface area contributed by atoms with E-state index in [9.17, 15) is 4.79 Å². The van der Waals surface area contributed by atoms with Crippen LogP contribution in [0.5, 0.6) is 5.75 Å². The molecule has 0 atom stereocenters. The van der Waals surface area contributed by atoms with Crippen molar-refractivity contribution >= 4 is 34.6 Å². The highest BCUT2D eigenvalue weighted by Crippen LogP contribution is 2.32. The first kappa shape index (κ1) is 21.6. The fourth-order valence-corrected chi connectivity index (χ4v) is 4.67. The van der Waals surface area contributed by atoms with Gasteiger partial charge in [-0.15, -0.1) is 11.3 Å². The molecular formula is C23H24ClN3O3S. The third kappa shape index (κ3) is 4.99. The van der Waals surface area contributed by atoms with Gasteiger partial charge < -0.3 is 14.2 Å². The number of ketones is 1. The summed E-state index contributed by atoms with van der Waals surface area (Å²) in [5.74, 6) is 1.88. The second kappa shape index (κ2) is 9.66. The number of ether oxygens (including phenoxy) is 1. The van der Waals surface area contributed by atoms with Gasteiger partial charge >= 0.3 is 0 Å². The molecule has 0 saturated carbocycles. The van der Waals surface area contributed by atoms with E-state index in [4.69, 9.17) is 26.3 Å². The van der Waals surface area contributed by atoms with Gasteiger partial charge in [0.05, 0.1) is 15.8 Å². The predicted octanol–water partition coefficient (Wildman–Crippen LogP) is 5.69. The molecule has 0 unspecified atom stereocenters. The van der Waals surface area contributed by atoms with Crippen molar-refractivity contribution in [3.63, 3.8) is 0 Å². The van der Waals surface area contributed by atoms with Gasteiger partial charge in [0.2, 0.25) is 0 Å². The van der Waals surface area contributed by atoms with Crippen molar-refractivity contribution in [2.45, 2.75) is 32.6 Å². The number of aryl methyl sites for hydroxylation is 1. The highest BCUT2D eigenvalue weighted by atomic mass is 35.5. The topological polar surface area (TPSA) is 79.4 Å². The molecule has 1 aliphatic heterocycles. The first-order valence-corrected chi connectivity index (χ1v) is 11.6. The number of nitrogens with one attached hydrogen (secondary N) is 1. The molecule has 1 aromatic carbocycles. The van der Waals surface area contributed by atoms with Crippen molar-refractivity contribution in [1.29, 1.82) is 5.41 Å². The largest absolute Gasteiger partial charge is 0.493 e. The summed E-state index contributed by atoms with van der Waals surface area (Å²) in [4.78, 5) is 15.0. The fourth-order valence-electron chi connectivity index (χ4n) is 3.66. The molecule has 0 radical (unpaired) electrons. The number of amidine groups is 1. The first-order chi connectivity index (χ1) is 15.0. The molecule has 31 heavy (non-hydrogen) atoms. The minimum atomic E-state index is 0.0367. The molecule has 3 aromatic rings. The number of rotatable bonds is 8. The number of nitrogens with zero attached hydrogens (tertiary/aromatic N) is 2. The number of aromatic nitrogens is 1. The molecule has 1 fully saturated rings. The number of hydrogen-bond donors (Lipinski definition) is 1. The van der Waals surface area contributed by atoms with E-state index in [1.165, 1.54) is 11.3 Å². The van der Waals surface area contributed by atoms with E-state index in [2.05, 4.69) is 10.1 Å². The van der Waals surface area contributed by atoms with Gasteiger partial charge in [-0.2, -0.15) is 0 Å². The summed E-state index contributed by atoms with van der Waals surface area (Å²) in [7, 11) is 0. The van der Waals surface area contributed by atoms with Crippen LogP contribution in [-0.2, 0) is 6.42 Å². The Balaban J connectivity index is 1.49. The highest BCUT2D eigenvalue weighted by Gasteiger charge is 2.19. The highest BCUT2D eigenvalue weighted by molar-refractivity contribution is 7.18. The molecule has 4 rings (SSSR count). The van der Waals surface area contributed by atoms with Gasteiger partial charge in [0.1, 0.15) is 23.0 Å².